The minimum Gasteiger partial charge on any atom is -0.309 e. The fourth-order valence-corrected chi connectivity index (χ4v) is 23.7. The van der Waals surface area contributed by atoms with Gasteiger partial charge in [-0.15, -0.1) is 11.8 Å². The van der Waals surface area contributed by atoms with Gasteiger partial charge in [-0.05, 0) is 176 Å². The average Bonchev–Trinajstić information content (AvgIpc) is 1.40. The first-order valence-electron chi connectivity index (χ1n) is 30.2. The molecule has 1 aliphatic heterocycles. The summed E-state index contributed by atoms with van der Waals surface area (Å²) in [5.41, 5.74) is 15.4. The molecule has 2 aliphatic carbocycles. The second kappa shape index (κ2) is 20.2. The lowest BCUT2D eigenvalue weighted by atomic mass is 9.77. The molecule has 17 rings (SSSR count). The van der Waals surface area contributed by atoms with E-state index in [4.69, 9.17) is 0 Å². The third-order valence-electron chi connectivity index (χ3n) is 19.4. The van der Waals surface area contributed by atoms with E-state index in [0.29, 0.717) is 0 Å². The molecule has 1 saturated heterocycles. The Labute approximate surface area is 507 Å². The van der Waals surface area contributed by atoms with Crippen LogP contribution in [0.3, 0.4) is 0 Å². The molecule has 13 aromatic carbocycles. The van der Waals surface area contributed by atoms with E-state index in [1.807, 2.05) is 0 Å². The van der Waals surface area contributed by atoms with Crippen LogP contribution in [0.25, 0.3) is 110 Å². The maximum Gasteiger partial charge on any atom is 0.156 e. The fraction of sp³-hybridized carbons (Fsp3) is 0.0602. The van der Waals surface area contributed by atoms with Gasteiger partial charge in [-0.3, -0.25) is 0 Å². The molecule has 1 nitrogen and oxygen atoms in total. The van der Waals surface area contributed by atoms with Crippen molar-refractivity contribution in [3.8, 4) is 39.1 Å². The van der Waals surface area contributed by atoms with Crippen molar-refractivity contribution in [2.75, 3.05) is 0 Å². The van der Waals surface area contributed by atoms with Gasteiger partial charge < -0.3 is 4.57 Å². The van der Waals surface area contributed by atoms with Crippen molar-refractivity contribution in [1.82, 2.24) is 4.57 Å². The fourth-order valence-electron chi connectivity index (χ4n) is 15.5. The highest BCUT2D eigenvalue weighted by molar-refractivity contribution is 8.02. The summed E-state index contributed by atoms with van der Waals surface area (Å²) < 4.78 is 2.24. The third-order valence-corrected chi connectivity index (χ3v) is 26.8. The van der Waals surface area contributed by atoms with Crippen LogP contribution in [0.15, 0.2) is 327 Å². The normalized spacial score (nSPS) is 18.2. The van der Waals surface area contributed by atoms with Crippen LogP contribution < -0.4 is 15.6 Å². The van der Waals surface area contributed by atoms with Crippen molar-refractivity contribution in [2.45, 2.75) is 22.5 Å². The van der Waals surface area contributed by atoms with Crippen molar-refractivity contribution in [1.29, 1.82) is 0 Å². The zero-order chi connectivity index (χ0) is 56.9. The van der Waals surface area contributed by atoms with Gasteiger partial charge in [0.25, 0.3) is 0 Å². The van der Waals surface area contributed by atoms with Crippen LogP contribution in [-0.2, 0) is 0 Å². The third kappa shape index (κ3) is 7.92. The number of aromatic nitrogens is 1. The van der Waals surface area contributed by atoms with Crippen molar-refractivity contribution < 1.29 is 0 Å². The molecule has 0 radical (unpaired) electrons. The molecule has 0 amide bonds. The van der Waals surface area contributed by atoms with E-state index < -0.39 is 8.07 Å². The zero-order valence-corrected chi connectivity index (χ0v) is 49.5. The molecule has 1 fully saturated rings. The lowest BCUT2D eigenvalue weighted by Gasteiger charge is -2.48. The van der Waals surface area contributed by atoms with Gasteiger partial charge in [0.05, 0.1) is 11.0 Å². The summed E-state index contributed by atoms with van der Waals surface area (Å²) in [6.07, 6.45) is 14.8. The van der Waals surface area contributed by atoms with Gasteiger partial charge in [-0.1, -0.05) is 261 Å². The number of rotatable bonds is 9. The summed E-state index contributed by atoms with van der Waals surface area (Å²) in [4.78, 5) is 0. The maximum absolute atomic E-state index is 3.01. The van der Waals surface area contributed by atoms with Crippen molar-refractivity contribution in [3.63, 3.8) is 0 Å². The Morgan fingerprint density at radius 3 is 1.60 bits per heavy atom. The summed E-state index contributed by atoms with van der Waals surface area (Å²) >= 11 is 2.21. The number of hydrogen-bond donors (Lipinski definition) is 0. The summed E-state index contributed by atoms with van der Waals surface area (Å²) in [6, 6.07) is 108. The van der Waals surface area contributed by atoms with Gasteiger partial charge in [0.15, 0.2) is 8.07 Å². The molecule has 4 atom stereocenters. The Hall–Kier alpha value is -9.77. The van der Waals surface area contributed by atoms with Gasteiger partial charge in [0, 0.05) is 37.9 Å². The molecule has 1 aromatic heterocycles. The Morgan fingerprint density at radius 2 is 0.895 bits per heavy atom. The SMILES string of the molecule is CC12SC3C(c4cc(-c5ccc6cc(-c7cccc(-c8cc9ccccc9c9ccccc89)c7)ccc6c5)cc5ccccc45)=CC=CC3C1=CC=CC2[Si](c1ccccc1)(c1ccccc1)c1cccc(-n2c3ccccc3c3ccccc32)c1. The maximum atomic E-state index is 2.61. The van der Waals surface area contributed by atoms with Gasteiger partial charge >= 0.3 is 0 Å². The molecule has 406 valence electrons. The number of hydrogen-bond acceptors (Lipinski definition) is 1. The molecule has 86 heavy (non-hydrogen) atoms. The van der Waals surface area contributed by atoms with Crippen LogP contribution >= 0.6 is 11.8 Å². The molecular formula is C83H59NSSi. The van der Waals surface area contributed by atoms with Crippen LogP contribution in [-0.4, -0.2) is 22.6 Å². The molecule has 0 bridgehead atoms. The van der Waals surface area contributed by atoms with Crippen LogP contribution in [0.1, 0.15) is 12.5 Å². The summed E-state index contributed by atoms with van der Waals surface area (Å²) in [7, 11) is -3.01. The number of fused-ring (bicyclic) bond motifs is 11. The van der Waals surface area contributed by atoms with E-state index in [2.05, 4.69) is 345 Å². The molecule has 0 N–H and O–H groups in total. The van der Waals surface area contributed by atoms with Crippen molar-refractivity contribution in [2.24, 2.45) is 5.92 Å². The Bertz CT molecular complexity index is 5110. The molecule has 0 spiro atoms. The molecule has 3 aliphatic rings. The predicted octanol–water partition coefficient (Wildman–Crippen LogP) is 19.9. The number of nitrogens with zero attached hydrogens (tertiary/aromatic N) is 1. The quantitative estimate of drug-likeness (QED) is 0.0792. The Morgan fingerprint density at radius 1 is 0.360 bits per heavy atom. The summed E-state index contributed by atoms with van der Waals surface area (Å²) in [6.45, 7) is 2.60. The minimum absolute atomic E-state index is 0.161. The molecule has 0 saturated carbocycles. The smallest absolute Gasteiger partial charge is 0.156 e. The van der Waals surface area contributed by atoms with Gasteiger partial charge in [-0.25, -0.2) is 0 Å². The Kier molecular flexibility index (Phi) is 11.9. The largest absolute Gasteiger partial charge is 0.309 e. The molecule has 14 aromatic rings. The second-order valence-corrected chi connectivity index (χ2v) is 29.5. The number of thioether (sulfide) groups is 1. The van der Waals surface area contributed by atoms with E-state index in [1.165, 1.54) is 136 Å². The van der Waals surface area contributed by atoms with Crippen molar-refractivity contribution >= 4 is 106 Å². The predicted molar refractivity (Wildman–Crippen MR) is 372 cm³/mol. The first-order valence-corrected chi connectivity index (χ1v) is 33.2. The molecule has 4 unspecified atom stereocenters. The number of benzene rings is 13. The first-order chi connectivity index (χ1) is 42.5. The second-order valence-electron chi connectivity index (χ2n) is 23.9. The highest BCUT2D eigenvalue weighted by Gasteiger charge is 2.60. The van der Waals surface area contributed by atoms with E-state index in [1.54, 1.807) is 0 Å². The van der Waals surface area contributed by atoms with Crippen LogP contribution in [0.2, 0.25) is 5.54 Å². The minimum atomic E-state index is -3.01. The first kappa shape index (κ1) is 50.7. The monoisotopic (exact) mass is 1130 g/mol. The Balaban J connectivity index is 0.750. The van der Waals surface area contributed by atoms with E-state index >= 15 is 0 Å². The topological polar surface area (TPSA) is 4.93 Å². The van der Waals surface area contributed by atoms with Crippen LogP contribution in [0, 0.1) is 5.92 Å². The zero-order valence-electron chi connectivity index (χ0n) is 47.7. The highest BCUT2D eigenvalue weighted by atomic mass is 32.2. The summed E-state index contributed by atoms with van der Waals surface area (Å²) in [5, 5.41) is 17.2. The van der Waals surface area contributed by atoms with Gasteiger partial charge in [0.1, 0.15) is 0 Å². The highest BCUT2D eigenvalue weighted by Crippen LogP contribution is 2.64. The van der Waals surface area contributed by atoms with Crippen molar-refractivity contribution in [3.05, 3.63) is 333 Å². The standard InChI is InChI=1S/C83H59NSSi/c1-83-78(40-21-43-81(83)86(65-27-4-2-5-28-65,66-29-6-3-7-30-66)67-31-19-26-64(54-67)84-79-41-16-14-36-72(79)73-37-15-17-42-80(73)84)75-39-20-38-74(82(75)85-83)77-53-63(51-60-22-8-11-33-69(60)77)59-47-46-57-48-56(44-45-58(57)49-59)55-24-18-25-61(50-55)76-52-62-23-9-10-32-68(62)70-34-12-13-35-71(70)76/h2-54,75,81-82H,1H3. The van der Waals surface area contributed by atoms with Gasteiger partial charge in [0.2, 0.25) is 0 Å². The number of allylic oxidation sites excluding steroid dienone is 6. The van der Waals surface area contributed by atoms with Crippen LogP contribution in [0.5, 0.6) is 0 Å². The average molecular weight is 1130 g/mol. The van der Waals surface area contributed by atoms with Crippen LogP contribution in [0.4, 0.5) is 0 Å². The molecule has 2 heterocycles. The summed E-state index contributed by atoms with van der Waals surface area (Å²) in [5.74, 6) is 0.226. The van der Waals surface area contributed by atoms with E-state index in [0.717, 1.165) is 0 Å². The molecular weight excluding hydrogens is 1070 g/mol. The number of para-hydroxylation sites is 2. The lowest BCUT2D eigenvalue weighted by molar-refractivity contribution is 0.674. The van der Waals surface area contributed by atoms with Gasteiger partial charge in [-0.2, -0.15) is 0 Å². The lowest BCUT2D eigenvalue weighted by Crippen LogP contribution is -2.72. The molecule has 3 heteroatoms. The van der Waals surface area contributed by atoms with E-state index in [-0.39, 0.29) is 21.5 Å². The van der Waals surface area contributed by atoms with E-state index in [9.17, 15) is 0 Å².